The average molecular weight is 528 g/mol. The highest BCUT2D eigenvalue weighted by molar-refractivity contribution is 14.0. The second-order valence-electron chi connectivity index (χ2n) is 6.98. The van der Waals surface area contributed by atoms with Gasteiger partial charge in [-0.05, 0) is 44.0 Å². The Morgan fingerprint density at radius 3 is 2.40 bits per heavy atom. The van der Waals surface area contributed by atoms with E-state index in [1.807, 2.05) is 37.3 Å². The number of rotatable bonds is 8. The third-order valence-electron chi connectivity index (χ3n) is 4.42. The smallest absolute Gasteiger partial charge is 0.251 e. The van der Waals surface area contributed by atoms with Crippen LogP contribution in [-0.2, 0) is 5.60 Å². The van der Waals surface area contributed by atoms with Crippen LogP contribution < -0.4 is 16.0 Å². The number of aliphatic hydroxyl groups is 1. The number of carbonyl (C=O) groups excluding carboxylic acids is 1. The van der Waals surface area contributed by atoms with Gasteiger partial charge in [0.15, 0.2) is 5.96 Å². The van der Waals surface area contributed by atoms with Crippen molar-refractivity contribution in [1.82, 2.24) is 16.0 Å². The van der Waals surface area contributed by atoms with Gasteiger partial charge >= 0.3 is 0 Å². The van der Waals surface area contributed by atoms with Crippen LogP contribution in [0.1, 0.15) is 35.3 Å². The summed E-state index contributed by atoms with van der Waals surface area (Å²) in [7, 11) is 0. The molecule has 2 aromatic rings. The molecular formula is C22H30FIN4O2. The van der Waals surface area contributed by atoms with Crippen LogP contribution in [0, 0.1) is 12.7 Å². The van der Waals surface area contributed by atoms with Crippen LogP contribution in [0.15, 0.2) is 53.5 Å². The maximum Gasteiger partial charge on any atom is 0.251 e. The second-order valence-corrected chi connectivity index (χ2v) is 6.98. The van der Waals surface area contributed by atoms with Crippen LogP contribution in [0.5, 0.6) is 0 Å². The summed E-state index contributed by atoms with van der Waals surface area (Å²) in [6, 6.07) is 13.8. The minimum atomic E-state index is -1.09. The molecular weight excluding hydrogens is 498 g/mol. The van der Waals surface area contributed by atoms with E-state index < -0.39 is 11.4 Å². The number of aliphatic imine (C=N–C) groups is 1. The fraction of sp³-hybridized carbons (Fsp3) is 0.364. The van der Waals surface area contributed by atoms with Gasteiger partial charge in [-0.2, -0.15) is 0 Å². The van der Waals surface area contributed by atoms with Gasteiger partial charge in [0.2, 0.25) is 0 Å². The molecule has 8 heteroatoms. The number of aryl methyl sites for hydroxylation is 1. The SMILES string of the molecule is CCNC(=NCC(C)(O)c1ccccc1)NCCNC(=O)c1ccc(C)c(F)c1.I. The lowest BCUT2D eigenvalue weighted by molar-refractivity contribution is 0.0672. The number of carbonyl (C=O) groups is 1. The van der Waals surface area contributed by atoms with Crippen molar-refractivity contribution in [3.05, 3.63) is 71.0 Å². The summed E-state index contributed by atoms with van der Waals surface area (Å²) in [4.78, 5) is 16.5. The summed E-state index contributed by atoms with van der Waals surface area (Å²) in [6.07, 6.45) is 0. The number of halogens is 2. The van der Waals surface area contributed by atoms with Crippen molar-refractivity contribution in [3.8, 4) is 0 Å². The molecule has 164 valence electrons. The van der Waals surface area contributed by atoms with Crippen LogP contribution in [0.2, 0.25) is 0 Å². The van der Waals surface area contributed by atoms with Crippen molar-refractivity contribution >= 4 is 35.8 Å². The van der Waals surface area contributed by atoms with Crippen LogP contribution >= 0.6 is 24.0 Å². The van der Waals surface area contributed by atoms with E-state index in [9.17, 15) is 14.3 Å². The Labute approximate surface area is 194 Å². The lowest BCUT2D eigenvalue weighted by atomic mass is 9.96. The summed E-state index contributed by atoms with van der Waals surface area (Å²) in [5.41, 5.74) is 0.485. The molecule has 1 unspecified atom stereocenters. The normalized spacial score (nSPS) is 13.0. The predicted octanol–water partition coefficient (Wildman–Crippen LogP) is 2.94. The first-order valence-corrected chi connectivity index (χ1v) is 9.68. The molecule has 0 aromatic heterocycles. The molecule has 30 heavy (non-hydrogen) atoms. The minimum Gasteiger partial charge on any atom is -0.384 e. The van der Waals surface area contributed by atoms with Crippen LogP contribution in [0.4, 0.5) is 4.39 Å². The molecule has 0 spiro atoms. The van der Waals surface area contributed by atoms with Gasteiger partial charge in [0.05, 0.1) is 6.54 Å². The molecule has 4 N–H and O–H groups in total. The fourth-order valence-corrected chi connectivity index (χ4v) is 2.66. The number of guanidine groups is 1. The molecule has 0 saturated heterocycles. The highest BCUT2D eigenvalue weighted by atomic mass is 127. The Bertz CT molecular complexity index is 844. The Balaban J connectivity index is 0.00000450. The summed E-state index contributed by atoms with van der Waals surface area (Å²) in [5, 5.41) is 19.6. The van der Waals surface area contributed by atoms with E-state index in [1.165, 1.54) is 6.07 Å². The number of hydrogen-bond donors (Lipinski definition) is 4. The minimum absolute atomic E-state index is 0. The van der Waals surface area contributed by atoms with E-state index in [2.05, 4.69) is 20.9 Å². The van der Waals surface area contributed by atoms with Crippen molar-refractivity contribution in [2.45, 2.75) is 26.4 Å². The molecule has 0 aliphatic rings. The van der Waals surface area contributed by atoms with Gasteiger partial charge in [-0.15, -0.1) is 24.0 Å². The first-order chi connectivity index (χ1) is 13.8. The maximum absolute atomic E-state index is 13.6. The fourth-order valence-electron chi connectivity index (χ4n) is 2.66. The monoisotopic (exact) mass is 528 g/mol. The Hall–Kier alpha value is -2.20. The van der Waals surface area contributed by atoms with Crippen molar-refractivity contribution in [2.75, 3.05) is 26.2 Å². The highest BCUT2D eigenvalue weighted by Crippen LogP contribution is 2.20. The van der Waals surface area contributed by atoms with Crippen molar-refractivity contribution in [2.24, 2.45) is 4.99 Å². The molecule has 6 nitrogen and oxygen atoms in total. The first-order valence-electron chi connectivity index (χ1n) is 9.68. The Morgan fingerprint density at radius 2 is 1.77 bits per heavy atom. The molecule has 0 aliphatic carbocycles. The third-order valence-corrected chi connectivity index (χ3v) is 4.42. The lowest BCUT2D eigenvalue weighted by Gasteiger charge is -2.22. The summed E-state index contributed by atoms with van der Waals surface area (Å²) in [5.74, 6) is -0.193. The lowest BCUT2D eigenvalue weighted by Crippen LogP contribution is -2.42. The molecule has 0 heterocycles. The van der Waals surface area contributed by atoms with Crippen LogP contribution in [-0.4, -0.2) is 43.2 Å². The molecule has 1 amide bonds. The average Bonchev–Trinajstić information content (AvgIpc) is 2.71. The van der Waals surface area contributed by atoms with Crippen molar-refractivity contribution in [1.29, 1.82) is 0 Å². The van der Waals surface area contributed by atoms with Crippen molar-refractivity contribution < 1.29 is 14.3 Å². The molecule has 0 radical (unpaired) electrons. The Morgan fingerprint density at radius 1 is 1.10 bits per heavy atom. The molecule has 0 bridgehead atoms. The van der Waals surface area contributed by atoms with E-state index in [1.54, 1.807) is 26.0 Å². The number of benzene rings is 2. The zero-order chi connectivity index (χ0) is 21.3. The zero-order valence-corrected chi connectivity index (χ0v) is 19.9. The van der Waals surface area contributed by atoms with E-state index in [0.29, 0.717) is 31.2 Å². The molecule has 0 aliphatic heterocycles. The Kier molecular flexibility index (Phi) is 10.8. The van der Waals surface area contributed by atoms with Gasteiger partial charge in [-0.25, -0.2) is 9.38 Å². The third kappa shape index (κ3) is 7.91. The second kappa shape index (κ2) is 12.5. The highest BCUT2D eigenvalue weighted by Gasteiger charge is 2.22. The van der Waals surface area contributed by atoms with Crippen LogP contribution in [0.3, 0.4) is 0 Å². The van der Waals surface area contributed by atoms with Crippen molar-refractivity contribution in [3.63, 3.8) is 0 Å². The van der Waals surface area contributed by atoms with E-state index in [4.69, 9.17) is 0 Å². The van der Waals surface area contributed by atoms with Gasteiger partial charge in [0.1, 0.15) is 11.4 Å². The summed E-state index contributed by atoms with van der Waals surface area (Å²) < 4.78 is 13.6. The number of amides is 1. The molecule has 1 atom stereocenters. The van der Waals surface area contributed by atoms with Gasteiger partial charge in [0.25, 0.3) is 5.91 Å². The van der Waals surface area contributed by atoms with Gasteiger partial charge in [-0.3, -0.25) is 4.79 Å². The summed E-state index contributed by atoms with van der Waals surface area (Å²) >= 11 is 0. The van der Waals surface area contributed by atoms with E-state index in [0.717, 1.165) is 5.56 Å². The van der Waals surface area contributed by atoms with E-state index >= 15 is 0 Å². The quantitative estimate of drug-likeness (QED) is 0.184. The van der Waals surface area contributed by atoms with E-state index in [-0.39, 0.29) is 42.0 Å². The molecule has 2 rings (SSSR count). The predicted molar refractivity (Wildman–Crippen MR) is 129 cm³/mol. The number of nitrogens with zero attached hydrogens (tertiary/aromatic N) is 1. The van der Waals surface area contributed by atoms with Gasteiger partial charge in [-0.1, -0.05) is 36.4 Å². The molecule has 2 aromatic carbocycles. The first kappa shape index (κ1) is 25.8. The maximum atomic E-state index is 13.6. The standard InChI is InChI=1S/C22H29FN4O2.HI/c1-4-24-21(27-15-22(3,29)18-8-6-5-7-9-18)26-13-12-25-20(28)17-11-10-16(2)19(23)14-17;/h5-11,14,29H,4,12-13,15H2,1-3H3,(H,25,28)(H2,24,26,27);1H. The number of hydrogen-bond acceptors (Lipinski definition) is 3. The molecule has 0 saturated carbocycles. The zero-order valence-electron chi connectivity index (χ0n) is 17.5. The topological polar surface area (TPSA) is 85.8 Å². The van der Waals surface area contributed by atoms with Crippen LogP contribution in [0.25, 0.3) is 0 Å². The van der Waals surface area contributed by atoms with Gasteiger partial charge in [0, 0.05) is 25.2 Å². The number of nitrogens with one attached hydrogen (secondary N) is 3. The van der Waals surface area contributed by atoms with Gasteiger partial charge < -0.3 is 21.1 Å². The summed E-state index contributed by atoms with van der Waals surface area (Å²) in [6.45, 7) is 6.93. The molecule has 0 fully saturated rings. The largest absolute Gasteiger partial charge is 0.384 e.